The Morgan fingerprint density at radius 1 is 1.55 bits per heavy atom. The Labute approximate surface area is 123 Å². The van der Waals surface area contributed by atoms with Gasteiger partial charge in [-0.15, -0.1) is 0 Å². The molecular formula is C15H31N3O2. The standard InChI is InChI=1S/C15H31N3O2/c1-6-20-14(19)15(2,16-3)9-11-17(4)12-13-8-7-10-18(13)5/h13,16H,6-12H2,1-5H3. The van der Waals surface area contributed by atoms with Gasteiger partial charge < -0.3 is 19.9 Å². The smallest absolute Gasteiger partial charge is 0.326 e. The first-order valence-corrected chi connectivity index (χ1v) is 7.68. The lowest BCUT2D eigenvalue weighted by Crippen LogP contribution is -2.51. The number of likely N-dealkylation sites (tertiary alicyclic amines) is 1. The second kappa shape index (κ2) is 7.96. The van der Waals surface area contributed by atoms with Gasteiger partial charge in [-0.2, -0.15) is 0 Å². The normalized spacial score (nSPS) is 23.0. The van der Waals surface area contributed by atoms with Gasteiger partial charge in [0.15, 0.2) is 0 Å². The number of nitrogens with zero attached hydrogens (tertiary/aromatic N) is 2. The lowest BCUT2D eigenvalue weighted by atomic mass is 9.98. The molecule has 0 spiro atoms. The number of carbonyl (C=O) groups is 1. The molecule has 5 nitrogen and oxygen atoms in total. The van der Waals surface area contributed by atoms with Gasteiger partial charge in [0.05, 0.1) is 6.61 Å². The van der Waals surface area contributed by atoms with Crippen molar-refractivity contribution < 1.29 is 9.53 Å². The van der Waals surface area contributed by atoms with Crippen LogP contribution < -0.4 is 5.32 Å². The molecule has 0 aromatic heterocycles. The van der Waals surface area contributed by atoms with Crippen molar-refractivity contribution in [2.45, 2.75) is 44.7 Å². The average Bonchev–Trinajstić information content (AvgIpc) is 2.82. The molecule has 2 atom stereocenters. The second-order valence-electron chi connectivity index (χ2n) is 6.09. The third kappa shape index (κ3) is 4.72. The number of ether oxygens (including phenoxy) is 1. The average molecular weight is 285 g/mol. The van der Waals surface area contributed by atoms with Crippen LogP contribution in [-0.2, 0) is 9.53 Å². The molecule has 0 aromatic carbocycles. The van der Waals surface area contributed by atoms with E-state index < -0.39 is 5.54 Å². The van der Waals surface area contributed by atoms with Crippen LogP contribution in [0.4, 0.5) is 0 Å². The summed E-state index contributed by atoms with van der Waals surface area (Å²) in [5.41, 5.74) is -0.591. The molecule has 0 bridgehead atoms. The van der Waals surface area contributed by atoms with E-state index in [2.05, 4.69) is 29.2 Å². The number of likely N-dealkylation sites (N-methyl/N-ethyl adjacent to an activating group) is 3. The fourth-order valence-corrected chi connectivity index (χ4v) is 2.69. The lowest BCUT2D eigenvalue weighted by molar-refractivity contribution is -0.150. The van der Waals surface area contributed by atoms with Crippen molar-refractivity contribution in [3.63, 3.8) is 0 Å². The topological polar surface area (TPSA) is 44.8 Å². The first-order chi connectivity index (χ1) is 9.42. The quantitative estimate of drug-likeness (QED) is 0.673. The molecule has 5 heteroatoms. The maximum Gasteiger partial charge on any atom is 0.326 e. The van der Waals surface area contributed by atoms with Crippen LogP contribution in [0.25, 0.3) is 0 Å². The van der Waals surface area contributed by atoms with Crippen LogP contribution in [0.3, 0.4) is 0 Å². The molecule has 0 aromatic rings. The Kier molecular flexibility index (Phi) is 6.92. The van der Waals surface area contributed by atoms with Gasteiger partial charge in [-0.3, -0.25) is 4.79 Å². The second-order valence-corrected chi connectivity index (χ2v) is 6.09. The van der Waals surface area contributed by atoms with E-state index in [1.807, 2.05) is 20.9 Å². The molecule has 1 N–H and O–H groups in total. The van der Waals surface area contributed by atoms with Crippen molar-refractivity contribution in [3.05, 3.63) is 0 Å². The predicted octanol–water partition coefficient (Wildman–Crippen LogP) is 0.944. The monoisotopic (exact) mass is 285 g/mol. The highest BCUT2D eigenvalue weighted by molar-refractivity contribution is 5.80. The van der Waals surface area contributed by atoms with Crippen LogP contribution in [0.5, 0.6) is 0 Å². The molecule has 1 heterocycles. The summed E-state index contributed by atoms with van der Waals surface area (Å²) in [6.45, 7) is 7.35. The minimum absolute atomic E-state index is 0.158. The molecule has 0 amide bonds. The number of carbonyl (C=O) groups excluding carboxylic acids is 1. The van der Waals surface area contributed by atoms with Crippen LogP contribution in [0.1, 0.15) is 33.1 Å². The molecular weight excluding hydrogens is 254 g/mol. The number of nitrogens with one attached hydrogen (secondary N) is 1. The Morgan fingerprint density at radius 2 is 2.25 bits per heavy atom. The Bertz CT molecular complexity index is 311. The van der Waals surface area contributed by atoms with E-state index >= 15 is 0 Å². The molecule has 1 aliphatic rings. The zero-order valence-electron chi connectivity index (χ0n) is 13.7. The molecule has 20 heavy (non-hydrogen) atoms. The van der Waals surface area contributed by atoms with Crippen molar-refractivity contribution in [1.82, 2.24) is 15.1 Å². The van der Waals surface area contributed by atoms with Gasteiger partial charge in [-0.05, 0) is 60.8 Å². The molecule has 2 unspecified atom stereocenters. The number of hydrogen-bond acceptors (Lipinski definition) is 5. The van der Waals surface area contributed by atoms with Gasteiger partial charge in [-0.1, -0.05) is 0 Å². The SMILES string of the molecule is CCOC(=O)C(C)(CCN(C)CC1CCCN1C)NC. The summed E-state index contributed by atoms with van der Waals surface area (Å²) >= 11 is 0. The van der Waals surface area contributed by atoms with Crippen molar-refractivity contribution in [1.29, 1.82) is 0 Å². The number of rotatable bonds is 8. The van der Waals surface area contributed by atoms with Crippen molar-refractivity contribution in [2.75, 3.05) is 47.4 Å². The van der Waals surface area contributed by atoms with Gasteiger partial charge in [0.2, 0.25) is 0 Å². The fourth-order valence-electron chi connectivity index (χ4n) is 2.69. The molecule has 1 rings (SSSR count). The molecule has 1 aliphatic heterocycles. The zero-order valence-corrected chi connectivity index (χ0v) is 13.7. The molecule has 1 saturated heterocycles. The summed E-state index contributed by atoms with van der Waals surface area (Å²) < 4.78 is 5.15. The third-order valence-corrected chi connectivity index (χ3v) is 4.47. The van der Waals surface area contributed by atoms with E-state index in [1.165, 1.54) is 19.4 Å². The Balaban J connectivity index is 2.41. The van der Waals surface area contributed by atoms with E-state index in [0.29, 0.717) is 12.6 Å². The van der Waals surface area contributed by atoms with Gasteiger partial charge >= 0.3 is 5.97 Å². The van der Waals surface area contributed by atoms with Gasteiger partial charge in [-0.25, -0.2) is 0 Å². The van der Waals surface area contributed by atoms with E-state index in [0.717, 1.165) is 19.5 Å². The summed E-state index contributed by atoms with van der Waals surface area (Å²) in [4.78, 5) is 16.7. The summed E-state index contributed by atoms with van der Waals surface area (Å²) in [7, 11) is 6.15. The summed E-state index contributed by atoms with van der Waals surface area (Å²) in [6, 6.07) is 0.656. The Hall–Kier alpha value is -0.650. The van der Waals surface area contributed by atoms with Crippen molar-refractivity contribution in [2.24, 2.45) is 0 Å². The Morgan fingerprint density at radius 3 is 2.75 bits per heavy atom. The largest absolute Gasteiger partial charge is 0.465 e. The van der Waals surface area contributed by atoms with E-state index in [9.17, 15) is 4.79 Å². The predicted molar refractivity (Wildman–Crippen MR) is 81.9 cm³/mol. The fraction of sp³-hybridized carbons (Fsp3) is 0.933. The van der Waals surface area contributed by atoms with Crippen molar-refractivity contribution >= 4 is 5.97 Å². The lowest BCUT2D eigenvalue weighted by Gasteiger charge is -2.31. The minimum atomic E-state index is -0.591. The molecule has 0 aliphatic carbocycles. The van der Waals surface area contributed by atoms with Crippen LogP contribution in [0, 0.1) is 0 Å². The molecule has 1 fully saturated rings. The van der Waals surface area contributed by atoms with Gasteiger partial charge in [0.25, 0.3) is 0 Å². The van der Waals surface area contributed by atoms with Crippen LogP contribution in [0.15, 0.2) is 0 Å². The van der Waals surface area contributed by atoms with Gasteiger partial charge in [0.1, 0.15) is 5.54 Å². The van der Waals surface area contributed by atoms with E-state index in [4.69, 9.17) is 4.74 Å². The summed E-state index contributed by atoms with van der Waals surface area (Å²) in [6.07, 6.45) is 3.34. The third-order valence-electron chi connectivity index (χ3n) is 4.47. The summed E-state index contributed by atoms with van der Waals surface area (Å²) in [5, 5.41) is 3.11. The van der Waals surface area contributed by atoms with Crippen LogP contribution in [0.2, 0.25) is 0 Å². The van der Waals surface area contributed by atoms with E-state index in [-0.39, 0.29) is 5.97 Å². The highest BCUT2D eigenvalue weighted by Gasteiger charge is 2.33. The number of esters is 1. The number of hydrogen-bond donors (Lipinski definition) is 1. The first kappa shape index (κ1) is 17.4. The molecule has 118 valence electrons. The minimum Gasteiger partial charge on any atom is -0.465 e. The maximum absolute atomic E-state index is 12.0. The first-order valence-electron chi connectivity index (χ1n) is 7.68. The molecule has 0 saturated carbocycles. The van der Waals surface area contributed by atoms with Crippen LogP contribution in [-0.4, -0.2) is 74.7 Å². The highest BCUT2D eigenvalue weighted by atomic mass is 16.5. The zero-order chi connectivity index (χ0) is 15.2. The van der Waals surface area contributed by atoms with E-state index in [1.54, 1.807) is 0 Å². The molecule has 0 radical (unpaired) electrons. The summed E-state index contributed by atoms with van der Waals surface area (Å²) in [5.74, 6) is -0.158. The highest BCUT2D eigenvalue weighted by Crippen LogP contribution is 2.17. The van der Waals surface area contributed by atoms with Gasteiger partial charge in [0, 0.05) is 19.1 Å². The maximum atomic E-state index is 12.0. The van der Waals surface area contributed by atoms with Crippen LogP contribution >= 0.6 is 0 Å². The van der Waals surface area contributed by atoms with Crippen molar-refractivity contribution in [3.8, 4) is 0 Å².